The van der Waals surface area contributed by atoms with E-state index in [9.17, 15) is 15.0 Å². The Morgan fingerprint density at radius 2 is 1.67 bits per heavy atom. The molecule has 2 aromatic rings. The third-order valence-corrected chi connectivity index (χ3v) is 4.64. The second kappa shape index (κ2) is 5.49. The SMILES string of the molecule is O=C(O)[C@@H](c1cccc2ccccc12)C1(O)CCCCC1. The molecular formula is C18H20O3. The van der Waals surface area contributed by atoms with Gasteiger partial charge in [-0.15, -0.1) is 0 Å². The molecule has 1 aliphatic carbocycles. The topological polar surface area (TPSA) is 57.5 Å². The van der Waals surface area contributed by atoms with Crippen molar-refractivity contribution in [1.29, 1.82) is 0 Å². The maximum Gasteiger partial charge on any atom is 0.313 e. The Kier molecular flexibility index (Phi) is 3.68. The molecule has 3 nitrogen and oxygen atoms in total. The highest BCUT2D eigenvalue weighted by atomic mass is 16.4. The van der Waals surface area contributed by atoms with Crippen molar-refractivity contribution in [2.45, 2.75) is 43.6 Å². The molecule has 1 fully saturated rings. The van der Waals surface area contributed by atoms with Gasteiger partial charge in [-0.3, -0.25) is 4.79 Å². The second-order valence-electron chi connectivity index (χ2n) is 6.00. The van der Waals surface area contributed by atoms with E-state index in [4.69, 9.17) is 0 Å². The van der Waals surface area contributed by atoms with E-state index in [0.29, 0.717) is 12.8 Å². The van der Waals surface area contributed by atoms with Crippen LogP contribution in [-0.4, -0.2) is 21.8 Å². The minimum atomic E-state index is -1.13. The van der Waals surface area contributed by atoms with Gasteiger partial charge in [0.05, 0.1) is 5.60 Å². The fourth-order valence-corrected chi connectivity index (χ4v) is 3.61. The number of carboxylic acids is 1. The summed E-state index contributed by atoms with van der Waals surface area (Å²) in [6.45, 7) is 0. The number of rotatable bonds is 3. The van der Waals surface area contributed by atoms with Crippen LogP contribution in [0.5, 0.6) is 0 Å². The van der Waals surface area contributed by atoms with Crippen molar-refractivity contribution >= 4 is 16.7 Å². The number of aliphatic hydroxyl groups is 1. The fraction of sp³-hybridized carbons (Fsp3) is 0.389. The minimum Gasteiger partial charge on any atom is -0.481 e. The largest absolute Gasteiger partial charge is 0.481 e. The first kappa shape index (κ1) is 14.1. The number of aliphatic carboxylic acids is 1. The van der Waals surface area contributed by atoms with Gasteiger partial charge in [0.15, 0.2) is 0 Å². The molecule has 0 heterocycles. The lowest BCUT2D eigenvalue weighted by molar-refractivity contribution is -0.147. The summed E-state index contributed by atoms with van der Waals surface area (Å²) in [6, 6.07) is 13.5. The molecule has 3 rings (SSSR count). The lowest BCUT2D eigenvalue weighted by Gasteiger charge is -2.37. The maximum absolute atomic E-state index is 11.9. The first-order valence-electron chi connectivity index (χ1n) is 7.55. The van der Waals surface area contributed by atoms with Crippen molar-refractivity contribution in [3.63, 3.8) is 0 Å². The van der Waals surface area contributed by atoms with E-state index >= 15 is 0 Å². The first-order valence-corrected chi connectivity index (χ1v) is 7.55. The predicted octanol–water partition coefficient (Wildman–Crippen LogP) is 3.70. The Hall–Kier alpha value is -1.87. The first-order chi connectivity index (χ1) is 10.1. The number of carbonyl (C=O) groups is 1. The van der Waals surface area contributed by atoms with Gasteiger partial charge in [-0.25, -0.2) is 0 Å². The van der Waals surface area contributed by atoms with E-state index in [0.717, 1.165) is 35.6 Å². The summed E-state index contributed by atoms with van der Waals surface area (Å²) in [7, 11) is 0. The number of benzene rings is 2. The van der Waals surface area contributed by atoms with Gasteiger partial charge in [0.1, 0.15) is 5.92 Å². The van der Waals surface area contributed by atoms with E-state index in [1.54, 1.807) is 0 Å². The molecule has 0 saturated heterocycles. The van der Waals surface area contributed by atoms with Gasteiger partial charge in [-0.2, -0.15) is 0 Å². The van der Waals surface area contributed by atoms with Crippen molar-refractivity contribution < 1.29 is 15.0 Å². The molecule has 1 atom stereocenters. The van der Waals surface area contributed by atoms with Crippen molar-refractivity contribution in [3.8, 4) is 0 Å². The van der Waals surface area contributed by atoms with Gasteiger partial charge >= 0.3 is 5.97 Å². The molecule has 3 heteroatoms. The molecule has 0 spiro atoms. The molecule has 0 aromatic heterocycles. The van der Waals surface area contributed by atoms with Crippen LogP contribution in [0.1, 0.15) is 43.6 Å². The summed E-state index contributed by atoms with van der Waals surface area (Å²) in [5, 5.41) is 22.6. The quantitative estimate of drug-likeness (QED) is 0.903. The molecule has 2 aromatic carbocycles. The minimum absolute atomic E-state index is 0.563. The van der Waals surface area contributed by atoms with E-state index in [1.165, 1.54) is 0 Å². The molecule has 110 valence electrons. The van der Waals surface area contributed by atoms with Gasteiger partial charge in [-0.1, -0.05) is 61.7 Å². The van der Waals surface area contributed by atoms with Crippen molar-refractivity contribution in [3.05, 3.63) is 48.0 Å². The van der Waals surface area contributed by atoms with Crippen molar-refractivity contribution in [2.75, 3.05) is 0 Å². The molecule has 0 unspecified atom stereocenters. The van der Waals surface area contributed by atoms with Crippen LogP contribution in [0, 0.1) is 0 Å². The lowest BCUT2D eigenvalue weighted by atomic mass is 9.72. The summed E-state index contributed by atoms with van der Waals surface area (Å²) in [6.07, 6.45) is 3.99. The monoisotopic (exact) mass is 284 g/mol. The zero-order valence-electron chi connectivity index (χ0n) is 12.0. The Morgan fingerprint density at radius 3 is 2.38 bits per heavy atom. The van der Waals surface area contributed by atoms with Crippen LogP contribution in [0.15, 0.2) is 42.5 Å². The molecule has 0 radical (unpaired) electrons. The highest BCUT2D eigenvalue weighted by molar-refractivity contribution is 5.91. The standard InChI is InChI=1S/C18H20O3/c19-17(20)16(18(21)11-4-1-5-12-18)15-10-6-8-13-7-2-3-9-14(13)15/h2-3,6-10,16,21H,1,4-5,11-12H2,(H,19,20)/t16-/m1/s1. The highest BCUT2D eigenvalue weighted by Gasteiger charge is 2.43. The van der Waals surface area contributed by atoms with Crippen LogP contribution >= 0.6 is 0 Å². The van der Waals surface area contributed by atoms with Gasteiger partial charge in [-0.05, 0) is 29.2 Å². The Morgan fingerprint density at radius 1 is 1.00 bits per heavy atom. The zero-order valence-corrected chi connectivity index (χ0v) is 12.0. The summed E-state index contributed by atoms with van der Waals surface area (Å²) >= 11 is 0. The molecule has 21 heavy (non-hydrogen) atoms. The predicted molar refractivity (Wildman–Crippen MR) is 82.4 cm³/mol. The van der Waals surface area contributed by atoms with Crippen LogP contribution in [0.3, 0.4) is 0 Å². The number of fused-ring (bicyclic) bond motifs is 1. The van der Waals surface area contributed by atoms with Gasteiger partial charge in [0, 0.05) is 0 Å². The maximum atomic E-state index is 11.9. The highest BCUT2D eigenvalue weighted by Crippen LogP contribution is 2.42. The average molecular weight is 284 g/mol. The molecule has 0 amide bonds. The van der Waals surface area contributed by atoms with Gasteiger partial charge in [0.25, 0.3) is 0 Å². The third kappa shape index (κ3) is 2.54. The van der Waals surface area contributed by atoms with E-state index in [-0.39, 0.29) is 0 Å². The fourth-order valence-electron chi connectivity index (χ4n) is 3.61. The average Bonchev–Trinajstić information content (AvgIpc) is 2.48. The van der Waals surface area contributed by atoms with Crippen LogP contribution in [0.4, 0.5) is 0 Å². The second-order valence-corrected chi connectivity index (χ2v) is 6.00. The molecule has 1 aliphatic rings. The van der Waals surface area contributed by atoms with Gasteiger partial charge in [0.2, 0.25) is 0 Å². The van der Waals surface area contributed by atoms with Crippen LogP contribution in [0.2, 0.25) is 0 Å². The normalized spacial score (nSPS) is 19.3. The number of carboxylic acid groups (broad SMARTS) is 1. The molecular weight excluding hydrogens is 264 g/mol. The number of hydrogen-bond donors (Lipinski definition) is 2. The van der Waals surface area contributed by atoms with Crippen LogP contribution in [0.25, 0.3) is 10.8 Å². The lowest BCUT2D eigenvalue weighted by Crippen LogP contribution is -2.42. The molecule has 0 aliphatic heterocycles. The Labute approximate surface area is 124 Å². The summed E-state index contributed by atoms with van der Waals surface area (Å²) in [5.74, 6) is -1.79. The summed E-state index contributed by atoms with van der Waals surface area (Å²) in [5.41, 5.74) is -0.404. The van der Waals surface area contributed by atoms with E-state index in [1.807, 2.05) is 42.5 Å². The smallest absolute Gasteiger partial charge is 0.313 e. The van der Waals surface area contributed by atoms with E-state index in [2.05, 4.69) is 0 Å². The van der Waals surface area contributed by atoms with Crippen LogP contribution < -0.4 is 0 Å². The summed E-state index contributed by atoms with van der Waals surface area (Å²) in [4.78, 5) is 11.9. The molecule has 0 bridgehead atoms. The zero-order chi connectivity index (χ0) is 14.9. The van der Waals surface area contributed by atoms with Crippen molar-refractivity contribution in [1.82, 2.24) is 0 Å². The van der Waals surface area contributed by atoms with E-state index < -0.39 is 17.5 Å². The molecule has 1 saturated carbocycles. The summed E-state index contributed by atoms with van der Waals surface area (Å²) < 4.78 is 0. The molecule has 2 N–H and O–H groups in total. The van der Waals surface area contributed by atoms with Crippen molar-refractivity contribution in [2.24, 2.45) is 0 Å². The number of hydrogen-bond acceptors (Lipinski definition) is 2. The van der Waals surface area contributed by atoms with Gasteiger partial charge < -0.3 is 10.2 Å². The third-order valence-electron chi connectivity index (χ3n) is 4.64. The Bertz CT molecular complexity index is 651. The van der Waals surface area contributed by atoms with Crippen LogP contribution in [-0.2, 0) is 4.79 Å². The Balaban J connectivity index is 2.14.